The third-order valence-electron chi connectivity index (χ3n) is 4.96. The molecule has 1 aromatic heterocycles. The molecule has 0 bridgehead atoms. The van der Waals surface area contributed by atoms with Crippen LogP contribution in [0.5, 0.6) is 0 Å². The van der Waals surface area contributed by atoms with Gasteiger partial charge in [0.2, 0.25) is 0 Å². The number of rotatable bonds is 3. The summed E-state index contributed by atoms with van der Waals surface area (Å²) in [6.45, 7) is 7.42. The standard InChI is InChI=1S/C22H23ClFN3O/c1-13-7-21(26-25-13)22-19(16-5-4-6-17(23)8-16)9-18(10-20(22)24)27-11-14(2)28-15(3)12-27/h4-10,14-15H,11-12H2,1-3H3,(H,25,26)/t14-,15+. The lowest BCUT2D eigenvalue weighted by molar-refractivity contribution is -0.00523. The van der Waals surface area contributed by atoms with Gasteiger partial charge in [0.1, 0.15) is 5.82 Å². The number of hydrogen-bond acceptors (Lipinski definition) is 3. The van der Waals surface area contributed by atoms with E-state index in [2.05, 4.69) is 15.1 Å². The normalized spacial score (nSPS) is 19.8. The number of nitrogens with one attached hydrogen (secondary N) is 1. The van der Waals surface area contributed by atoms with Gasteiger partial charge in [-0.25, -0.2) is 4.39 Å². The molecule has 2 atom stereocenters. The molecule has 0 amide bonds. The zero-order valence-electron chi connectivity index (χ0n) is 16.2. The molecule has 2 heterocycles. The molecule has 1 N–H and O–H groups in total. The maximum Gasteiger partial charge on any atom is 0.135 e. The minimum absolute atomic E-state index is 0.0927. The summed E-state index contributed by atoms with van der Waals surface area (Å²) < 4.78 is 21.2. The molecule has 0 saturated carbocycles. The molecule has 2 aromatic carbocycles. The fraction of sp³-hybridized carbons (Fsp3) is 0.318. The van der Waals surface area contributed by atoms with Gasteiger partial charge in [0.05, 0.1) is 17.9 Å². The molecule has 0 spiro atoms. The van der Waals surface area contributed by atoms with Crippen molar-refractivity contribution >= 4 is 17.3 Å². The second-order valence-electron chi connectivity index (χ2n) is 7.46. The van der Waals surface area contributed by atoms with Gasteiger partial charge in [-0.1, -0.05) is 23.7 Å². The molecule has 4 rings (SSSR count). The van der Waals surface area contributed by atoms with Crippen LogP contribution in [-0.2, 0) is 4.74 Å². The molecular formula is C22H23ClFN3O. The van der Waals surface area contributed by atoms with Gasteiger partial charge in [-0.2, -0.15) is 5.10 Å². The quantitative estimate of drug-likeness (QED) is 0.636. The summed E-state index contributed by atoms with van der Waals surface area (Å²) in [5.41, 5.74) is 4.41. The van der Waals surface area contributed by atoms with Gasteiger partial charge < -0.3 is 9.64 Å². The van der Waals surface area contributed by atoms with Crippen molar-refractivity contribution in [2.75, 3.05) is 18.0 Å². The Bertz CT molecular complexity index is 993. The van der Waals surface area contributed by atoms with Crippen LogP contribution in [-0.4, -0.2) is 35.5 Å². The summed E-state index contributed by atoms with van der Waals surface area (Å²) in [6, 6.07) is 13.0. The van der Waals surface area contributed by atoms with Crippen LogP contribution in [0.2, 0.25) is 5.02 Å². The number of anilines is 1. The average Bonchev–Trinajstić information content (AvgIpc) is 3.06. The van der Waals surface area contributed by atoms with Crippen molar-refractivity contribution in [3.63, 3.8) is 0 Å². The van der Waals surface area contributed by atoms with Crippen molar-refractivity contribution in [1.29, 1.82) is 0 Å². The van der Waals surface area contributed by atoms with Crippen LogP contribution in [0.1, 0.15) is 19.5 Å². The number of hydrogen-bond donors (Lipinski definition) is 1. The molecule has 3 aromatic rings. The maximum atomic E-state index is 15.4. The molecule has 146 valence electrons. The molecule has 1 aliphatic rings. The number of ether oxygens (including phenoxy) is 1. The molecule has 1 aliphatic heterocycles. The van der Waals surface area contributed by atoms with Gasteiger partial charge in [-0.05, 0) is 62.2 Å². The van der Waals surface area contributed by atoms with E-state index in [1.54, 1.807) is 6.07 Å². The van der Waals surface area contributed by atoms with Crippen molar-refractivity contribution in [1.82, 2.24) is 10.2 Å². The van der Waals surface area contributed by atoms with E-state index in [0.29, 0.717) is 16.3 Å². The molecular weight excluding hydrogens is 377 g/mol. The van der Waals surface area contributed by atoms with Crippen molar-refractivity contribution in [2.45, 2.75) is 33.0 Å². The zero-order chi connectivity index (χ0) is 19.8. The third-order valence-corrected chi connectivity index (χ3v) is 5.19. The second kappa shape index (κ2) is 7.57. The smallest absolute Gasteiger partial charge is 0.135 e. The van der Waals surface area contributed by atoms with Gasteiger partial charge in [0.15, 0.2) is 0 Å². The highest BCUT2D eigenvalue weighted by atomic mass is 35.5. The molecule has 0 aliphatic carbocycles. The lowest BCUT2D eigenvalue weighted by atomic mass is 9.95. The van der Waals surface area contributed by atoms with E-state index in [1.807, 2.05) is 57.2 Å². The molecule has 0 unspecified atom stereocenters. The summed E-state index contributed by atoms with van der Waals surface area (Å²) in [6.07, 6.45) is 0.185. The zero-order valence-corrected chi connectivity index (χ0v) is 16.9. The number of morpholine rings is 1. The Morgan fingerprint density at radius 1 is 1.14 bits per heavy atom. The summed E-state index contributed by atoms with van der Waals surface area (Å²) in [5, 5.41) is 7.81. The molecule has 28 heavy (non-hydrogen) atoms. The van der Waals surface area contributed by atoms with Crippen LogP contribution in [0.15, 0.2) is 42.5 Å². The van der Waals surface area contributed by atoms with Crippen LogP contribution in [0.4, 0.5) is 10.1 Å². The van der Waals surface area contributed by atoms with Gasteiger partial charge in [-0.3, -0.25) is 5.10 Å². The summed E-state index contributed by atoms with van der Waals surface area (Å²) in [7, 11) is 0. The molecule has 1 fully saturated rings. The van der Waals surface area contributed by atoms with Gasteiger partial charge in [-0.15, -0.1) is 0 Å². The number of benzene rings is 2. The summed E-state index contributed by atoms with van der Waals surface area (Å²) in [4.78, 5) is 2.18. The first-order valence-corrected chi connectivity index (χ1v) is 9.81. The Hall–Kier alpha value is -2.37. The first kappa shape index (κ1) is 19.0. The van der Waals surface area contributed by atoms with Crippen molar-refractivity contribution < 1.29 is 9.13 Å². The largest absolute Gasteiger partial charge is 0.372 e. The Labute approximate surface area is 169 Å². The summed E-state index contributed by atoms with van der Waals surface area (Å²) >= 11 is 6.22. The number of aryl methyl sites for hydroxylation is 1. The first-order valence-electron chi connectivity index (χ1n) is 9.43. The number of nitrogens with zero attached hydrogens (tertiary/aromatic N) is 2. The number of halogens is 2. The monoisotopic (exact) mass is 399 g/mol. The lowest BCUT2D eigenvalue weighted by Crippen LogP contribution is -2.45. The molecule has 0 radical (unpaired) electrons. The van der Waals surface area contributed by atoms with Gasteiger partial charge >= 0.3 is 0 Å². The fourth-order valence-corrected chi connectivity index (χ4v) is 4.04. The minimum Gasteiger partial charge on any atom is -0.372 e. The van der Waals surface area contributed by atoms with E-state index in [0.717, 1.165) is 35.6 Å². The van der Waals surface area contributed by atoms with Crippen LogP contribution in [0.3, 0.4) is 0 Å². The van der Waals surface area contributed by atoms with Crippen LogP contribution >= 0.6 is 11.6 Å². The van der Waals surface area contributed by atoms with Crippen LogP contribution in [0.25, 0.3) is 22.4 Å². The van der Waals surface area contributed by atoms with E-state index in [1.165, 1.54) is 0 Å². The topological polar surface area (TPSA) is 41.1 Å². The Balaban J connectivity index is 1.88. The second-order valence-corrected chi connectivity index (χ2v) is 7.90. The van der Waals surface area contributed by atoms with E-state index >= 15 is 4.39 Å². The average molecular weight is 400 g/mol. The highest BCUT2D eigenvalue weighted by Gasteiger charge is 2.25. The Kier molecular flexibility index (Phi) is 5.13. The van der Waals surface area contributed by atoms with Crippen molar-refractivity contribution in [3.8, 4) is 22.4 Å². The number of aromatic amines is 1. The SMILES string of the molecule is Cc1cc(-c2c(F)cc(N3C[C@@H](C)O[C@@H](C)C3)cc2-c2cccc(Cl)c2)n[nH]1. The third kappa shape index (κ3) is 3.77. The van der Waals surface area contributed by atoms with Crippen LogP contribution < -0.4 is 4.90 Å². The van der Waals surface area contributed by atoms with Crippen molar-refractivity contribution in [2.24, 2.45) is 0 Å². The van der Waals surface area contributed by atoms with Crippen LogP contribution in [0, 0.1) is 12.7 Å². The lowest BCUT2D eigenvalue weighted by Gasteiger charge is -2.37. The van der Waals surface area contributed by atoms with E-state index in [4.69, 9.17) is 16.3 Å². The predicted molar refractivity (Wildman–Crippen MR) is 111 cm³/mol. The predicted octanol–water partition coefficient (Wildman–Crippen LogP) is 5.46. The van der Waals surface area contributed by atoms with Crippen molar-refractivity contribution in [3.05, 3.63) is 59.0 Å². The minimum atomic E-state index is -0.300. The molecule has 1 saturated heterocycles. The molecule has 4 nitrogen and oxygen atoms in total. The summed E-state index contributed by atoms with van der Waals surface area (Å²) in [5.74, 6) is -0.300. The number of H-pyrrole nitrogens is 1. The van der Waals surface area contributed by atoms with E-state index < -0.39 is 0 Å². The van der Waals surface area contributed by atoms with Gasteiger partial charge in [0, 0.05) is 35.1 Å². The van der Waals surface area contributed by atoms with Gasteiger partial charge in [0.25, 0.3) is 0 Å². The van der Waals surface area contributed by atoms with E-state index in [9.17, 15) is 0 Å². The Morgan fingerprint density at radius 3 is 2.54 bits per heavy atom. The molecule has 6 heteroatoms. The van der Waals surface area contributed by atoms with E-state index in [-0.39, 0.29) is 18.0 Å². The Morgan fingerprint density at radius 2 is 1.89 bits per heavy atom. The fourth-order valence-electron chi connectivity index (χ4n) is 3.85. The maximum absolute atomic E-state index is 15.4. The highest BCUT2D eigenvalue weighted by molar-refractivity contribution is 6.30. The highest BCUT2D eigenvalue weighted by Crippen LogP contribution is 2.38. The number of aromatic nitrogens is 2. The first-order chi connectivity index (χ1) is 13.4.